The van der Waals surface area contributed by atoms with Crippen molar-refractivity contribution in [1.29, 1.82) is 0 Å². The molecule has 0 atom stereocenters. The van der Waals surface area contributed by atoms with Crippen LogP contribution in [0.5, 0.6) is 11.5 Å². The highest BCUT2D eigenvalue weighted by molar-refractivity contribution is 7.07. The van der Waals surface area contributed by atoms with Crippen molar-refractivity contribution in [2.24, 2.45) is 0 Å². The van der Waals surface area contributed by atoms with E-state index in [1.54, 1.807) is 48.5 Å². The standard InChI is InChI=1S/C114H65B4F6N7O/c119-82-35-13-19-41-88(82)125-94-47-25-49-96-106(94)115(74-55-51-70(59-98(74)125)66-27-5-1-6-28-66)78-61-80-102(63-100(78)127(96)90-43-21-15-37-84(90)121)129(92-45-23-17-39-86(92)123)104-65-105-109-112-108(104)117(80)76-57-53-72(68-31-9-3-10-32-68)113-110(76)131(112)111-77(58-54-73(114(111)132-113)69-33-11-4-12-34-69)118(109)81-62-79-101(64-103(81)130(105)93-46-24-18-40-87(93)124)128(91-44-22-16-38-85(91)122)97-50-26-48-95-107(97)116(79)75-56-52-71(67-29-7-2-8-30-67)60-99(75)126(95)89-42-20-14-36-83(89)120/h1-65H. The number of hydrogen-bond donors (Lipinski definition) is 0. The Bertz CT molecular complexity index is 7810. The van der Waals surface area contributed by atoms with Gasteiger partial charge in [-0.2, -0.15) is 0 Å². The molecule has 0 saturated heterocycles. The topological polar surface area (TPSA) is 31.9 Å². The van der Waals surface area contributed by atoms with Gasteiger partial charge in [-0.25, -0.2) is 26.3 Å². The number of benzene rings is 19. The number of hydrogen-bond acceptors (Lipinski definition) is 8. The highest BCUT2D eigenvalue weighted by atomic mass is 19.1. The summed E-state index contributed by atoms with van der Waals surface area (Å²) in [5, 5.41) is 0. The van der Waals surface area contributed by atoms with E-state index in [0.29, 0.717) is 79.7 Å². The molecule has 28 rings (SSSR count). The van der Waals surface area contributed by atoms with E-state index in [0.717, 1.165) is 138 Å². The number of anilines is 21. The largest absolute Gasteiger partial charge is 0.452 e. The first-order chi connectivity index (χ1) is 65.1. The Hall–Kier alpha value is -16.6. The molecule has 616 valence electrons. The van der Waals surface area contributed by atoms with Crippen molar-refractivity contribution in [1.82, 2.24) is 0 Å². The van der Waals surface area contributed by atoms with Crippen LogP contribution in [0.15, 0.2) is 394 Å². The molecule has 0 N–H and O–H groups in total. The van der Waals surface area contributed by atoms with Crippen molar-refractivity contribution in [3.05, 3.63) is 429 Å². The van der Waals surface area contributed by atoms with Crippen molar-refractivity contribution < 1.29 is 31.1 Å². The lowest BCUT2D eigenvalue weighted by Crippen LogP contribution is -2.70. The van der Waals surface area contributed by atoms with E-state index in [-0.39, 0.29) is 22.7 Å². The number of nitrogens with zero attached hydrogens (tertiary/aromatic N) is 7. The maximum atomic E-state index is 18.9. The van der Waals surface area contributed by atoms with Crippen molar-refractivity contribution in [2.45, 2.75) is 0 Å². The Morgan fingerprint density at radius 2 is 0.409 bits per heavy atom. The minimum Gasteiger partial charge on any atom is -0.452 e. The molecular weight excluding hydrogens is 1640 g/mol. The number of para-hydroxylation sites is 6. The summed E-state index contributed by atoms with van der Waals surface area (Å²) in [6.45, 7) is -2.71. The van der Waals surface area contributed by atoms with Gasteiger partial charge in [0.05, 0.1) is 45.5 Å². The molecule has 0 aliphatic carbocycles. The van der Waals surface area contributed by atoms with E-state index in [4.69, 9.17) is 4.74 Å². The summed E-state index contributed by atoms with van der Waals surface area (Å²) in [6.07, 6.45) is 0. The Kier molecular flexibility index (Phi) is 15.8. The molecule has 0 radical (unpaired) electrons. The highest BCUT2D eigenvalue weighted by Gasteiger charge is 2.58. The molecule has 0 aromatic heterocycles. The maximum Gasteiger partial charge on any atom is 0.252 e. The van der Waals surface area contributed by atoms with E-state index >= 15 is 26.3 Å². The Morgan fingerprint density at radius 1 is 0.159 bits per heavy atom. The van der Waals surface area contributed by atoms with Gasteiger partial charge in [-0.15, -0.1) is 0 Å². The highest BCUT2D eigenvalue weighted by Crippen LogP contribution is 2.62. The fourth-order valence-corrected chi connectivity index (χ4v) is 23.3. The fourth-order valence-electron chi connectivity index (χ4n) is 23.3. The zero-order chi connectivity index (χ0) is 87.3. The summed E-state index contributed by atoms with van der Waals surface area (Å²) in [5.74, 6) is -1.71. The van der Waals surface area contributed by atoms with Crippen LogP contribution in [0.3, 0.4) is 0 Å². The minimum atomic E-state index is -0.743. The van der Waals surface area contributed by atoms with Crippen LogP contribution >= 0.6 is 0 Å². The molecule has 0 spiro atoms. The summed E-state index contributed by atoms with van der Waals surface area (Å²) in [7, 11) is 0. The summed E-state index contributed by atoms with van der Waals surface area (Å²) < 4.78 is 117. The molecular formula is C114H65B4F6N7O. The normalized spacial score (nSPS) is 13.9. The van der Waals surface area contributed by atoms with Crippen LogP contribution in [0.4, 0.5) is 146 Å². The number of ether oxygens (including phenoxy) is 1. The van der Waals surface area contributed by atoms with Crippen molar-refractivity contribution in [3.8, 4) is 56.0 Å². The van der Waals surface area contributed by atoms with Crippen LogP contribution in [0.25, 0.3) is 44.5 Å². The second-order valence-electron chi connectivity index (χ2n) is 35.1. The van der Waals surface area contributed by atoms with Crippen LogP contribution in [0.2, 0.25) is 0 Å². The maximum absolute atomic E-state index is 18.9. The van der Waals surface area contributed by atoms with Gasteiger partial charge in [-0.1, -0.05) is 267 Å². The molecule has 0 amide bonds. The molecule has 0 fully saturated rings. The predicted molar refractivity (Wildman–Crippen MR) is 529 cm³/mol. The average Bonchev–Trinajstić information content (AvgIpc) is 0.651. The third-order valence-electron chi connectivity index (χ3n) is 28.5. The molecule has 0 saturated carbocycles. The van der Waals surface area contributed by atoms with E-state index in [2.05, 4.69) is 144 Å². The van der Waals surface area contributed by atoms with Crippen molar-refractivity contribution >= 4 is 212 Å². The van der Waals surface area contributed by atoms with E-state index in [1.807, 2.05) is 199 Å². The van der Waals surface area contributed by atoms with Gasteiger partial charge in [0.25, 0.3) is 26.9 Å². The van der Waals surface area contributed by atoms with Gasteiger partial charge in [-0.05, 0) is 226 Å². The molecule has 132 heavy (non-hydrogen) atoms. The van der Waals surface area contributed by atoms with Crippen LogP contribution in [0, 0.1) is 34.9 Å². The smallest absolute Gasteiger partial charge is 0.252 e. The molecule has 8 nitrogen and oxygen atoms in total. The zero-order valence-electron chi connectivity index (χ0n) is 70.1. The van der Waals surface area contributed by atoms with Crippen LogP contribution < -0.4 is 105 Å². The summed E-state index contributed by atoms with van der Waals surface area (Å²) >= 11 is 0. The molecule has 0 unspecified atom stereocenters. The van der Waals surface area contributed by atoms with Gasteiger partial charge in [0.2, 0.25) is 0 Å². The number of rotatable bonds is 10. The van der Waals surface area contributed by atoms with Gasteiger partial charge in [0.1, 0.15) is 34.9 Å². The number of fused-ring (bicyclic) bond motifs is 14. The van der Waals surface area contributed by atoms with Crippen LogP contribution in [0.1, 0.15) is 0 Å². The van der Waals surface area contributed by atoms with E-state index in [9.17, 15) is 0 Å². The van der Waals surface area contributed by atoms with Crippen LogP contribution in [-0.4, -0.2) is 26.9 Å². The zero-order valence-corrected chi connectivity index (χ0v) is 70.1. The molecule has 0 bridgehead atoms. The Balaban J connectivity index is 0.777. The van der Waals surface area contributed by atoms with Gasteiger partial charge >= 0.3 is 0 Å². The second-order valence-corrected chi connectivity index (χ2v) is 35.1. The monoisotopic (exact) mass is 1710 g/mol. The lowest BCUT2D eigenvalue weighted by atomic mass is 9.27. The summed E-state index contributed by atoms with van der Waals surface area (Å²) in [4.78, 5) is 14.5. The average molecular weight is 1710 g/mol. The lowest BCUT2D eigenvalue weighted by Gasteiger charge is -2.53. The third kappa shape index (κ3) is 10.3. The molecule has 19 aromatic rings. The Morgan fingerprint density at radius 3 is 0.720 bits per heavy atom. The molecule has 9 aliphatic rings. The Labute approximate surface area is 757 Å². The number of halogens is 6. The molecule has 9 heterocycles. The van der Waals surface area contributed by atoms with Crippen molar-refractivity contribution in [3.63, 3.8) is 0 Å². The molecule has 19 aromatic carbocycles. The quantitative estimate of drug-likeness (QED) is 0.0989. The first kappa shape index (κ1) is 74.5. The van der Waals surface area contributed by atoms with Crippen LogP contribution in [-0.2, 0) is 0 Å². The lowest BCUT2D eigenvalue weighted by molar-refractivity contribution is 0.481. The van der Waals surface area contributed by atoms with Gasteiger partial charge in [0, 0.05) is 85.1 Å². The second kappa shape index (κ2) is 28.0. The molecule has 9 aliphatic heterocycles. The summed E-state index contributed by atoms with van der Waals surface area (Å²) in [6, 6.07) is 127. The fraction of sp³-hybridized carbons (Fsp3) is 0. The van der Waals surface area contributed by atoms with E-state index < -0.39 is 61.8 Å². The SMILES string of the molecule is Fc1ccccc1N1c2cc(-c3ccccc3)ccc2B2c3cc4c(cc3N(c3ccccc3F)c3cccc1c32)N(c1ccccc1F)c1cc2c3c5c1B4c1ccc(-c4ccccc4)c4c1N5c1c(ccc(-c5ccccc5)c1O4)B3c1cc3c(cc1N2c1ccccc1F)N(c1ccccc1F)c1cccc2c1B3c1ccc(-c3ccccc3)cc1N2c1ccccc1F. The van der Waals surface area contributed by atoms with Gasteiger partial charge in [0.15, 0.2) is 11.5 Å². The molecule has 18 heteroatoms. The predicted octanol–water partition coefficient (Wildman–Crippen LogP) is 22.2. The van der Waals surface area contributed by atoms with Gasteiger partial charge in [-0.3, -0.25) is 0 Å². The van der Waals surface area contributed by atoms with Gasteiger partial charge < -0.3 is 39.0 Å². The first-order valence-corrected chi connectivity index (χ1v) is 44.5. The van der Waals surface area contributed by atoms with Crippen molar-refractivity contribution in [2.75, 3.05) is 34.3 Å². The third-order valence-corrected chi connectivity index (χ3v) is 28.5. The first-order valence-electron chi connectivity index (χ1n) is 44.5. The summed E-state index contributed by atoms with van der Waals surface area (Å²) in [5.41, 5.74) is 28.9. The van der Waals surface area contributed by atoms with E-state index in [1.165, 1.54) is 36.4 Å². The minimum absolute atomic E-state index is 0.208.